The van der Waals surface area contributed by atoms with Crippen molar-refractivity contribution in [2.24, 2.45) is 0 Å². The van der Waals surface area contributed by atoms with Crippen molar-refractivity contribution in [3.8, 4) is 0 Å². The van der Waals surface area contributed by atoms with Gasteiger partial charge in [0.15, 0.2) is 4.34 Å². The molecule has 0 bridgehead atoms. The Bertz CT molecular complexity index is 735. The molecule has 0 aliphatic heterocycles. The van der Waals surface area contributed by atoms with Crippen LogP contribution in [0, 0.1) is 0 Å². The van der Waals surface area contributed by atoms with Crippen LogP contribution in [0.15, 0.2) is 22.5 Å². The number of benzene rings is 1. The fraction of sp³-hybridized carbons (Fsp3) is 0.467. The molecule has 126 valence electrons. The van der Waals surface area contributed by atoms with Gasteiger partial charge in [0.05, 0.1) is 5.75 Å². The van der Waals surface area contributed by atoms with Gasteiger partial charge in [-0.25, -0.2) is 8.42 Å². The zero-order valence-electron chi connectivity index (χ0n) is 13.5. The van der Waals surface area contributed by atoms with Gasteiger partial charge in [-0.15, -0.1) is 10.2 Å². The van der Waals surface area contributed by atoms with Crippen molar-refractivity contribution in [1.82, 2.24) is 10.2 Å². The molecular formula is C15H21N3O2S3. The molecule has 1 N–H and O–H groups in total. The van der Waals surface area contributed by atoms with Crippen molar-refractivity contribution in [3.63, 3.8) is 0 Å². The van der Waals surface area contributed by atoms with E-state index in [4.69, 9.17) is 0 Å². The number of nitrogens with zero attached hydrogens (tertiary/aromatic N) is 2. The van der Waals surface area contributed by atoms with Gasteiger partial charge in [0.2, 0.25) is 5.13 Å². The summed E-state index contributed by atoms with van der Waals surface area (Å²) in [5.41, 5.74) is 3.62. The molecule has 0 fully saturated rings. The molecule has 1 aromatic carbocycles. The predicted molar refractivity (Wildman–Crippen MR) is 98.8 cm³/mol. The topological polar surface area (TPSA) is 72.0 Å². The van der Waals surface area contributed by atoms with E-state index in [1.54, 1.807) is 0 Å². The number of rotatable bonds is 8. The van der Waals surface area contributed by atoms with Crippen LogP contribution in [0.2, 0.25) is 0 Å². The van der Waals surface area contributed by atoms with Gasteiger partial charge in [0, 0.05) is 17.7 Å². The number of hydrogen-bond acceptors (Lipinski definition) is 7. The summed E-state index contributed by atoms with van der Waals surface area (Å²) in [4.78, 5) is 0. The zero-order valence-corrected chi connectivity index (χ0v) is 15.9. The Morgan fingerprint density at radius 3 is 2.39 bits per heavy atom. The number of aromatic nitrogens is 2. The molecule has 5 nitrogen and oxygen atoms in total. The zero-order chi connectivity index (χ0) is 16.9. The Labute approximate surface area is 145 Å². The van der Waals surface area contributed by atoms with Crippen LogP contribution in [-0.4, -0.2) is 36.4 Å². The molecule has 23 heavy (non-hydrogen) atoms. The summed E-state index contributed by atoms with van der Waals surface area (Å²) < 4.78 is 23.1. The van der Waals surface area contributed by atoms with E-state index in [0.29, 0.717) is 5.75 Å². The SMILES string of the molecule is CCc1cccc(CC)c1Nc1nnc(SCCS(C)(=O)=O)s1. The molecule has 0 spiro atoms. The molecule has 2 rings (SSSR count). The first-order valence-corrected chi connectivity index (χ1v) is 11.3. The Morgan fingerprint density at radius 1 is 1.17 bits per heavy atom. The van der Waals surface area contributed by atoms with Gasteiger partial charge < -0.3 is 5.32 Å². The maximum atomic E-state index is 11.2. The van der Waals surface area contributed by atoms with Crippen LogP contribution in [0.4, 0.5) is 10.8 Å². The van der Waals surface area contributed by atoms with Gasteiger partial charge in [-0.3, -0.25) is 0 Å². The molecule has 0 radical (unpaired) electrons. The van der Waals surface area contributed by atoms with E-state index in [2.05, 4.69) is 47.6 Å². The number of para-hydroxylation sites is 1. The normalized spacial score (nSPS) is 11.6. The summed E-state index contributed by atoms with van der Waals surface area (Å²) >= 11 is 2.88. The van der Waals surface area contributed by atoms with E-state index in [1.165, 1.54) is 40.5 Å². The summed E-state index contributed by atoms with van der Waals surface area (Å²) in [7, 11) is -2.93. The molecule has 0 aliphatic carbocycles. The second-order valence-corrected chi connectivity index (χ2v) is 9.71. The summed E-state index contributed by atoms with van der Waals surface area (Å²) in [5.74, 6) is 0.651. The second-order valence-electron chi connectivity index (χ2n) is 5.13. The lowest BCUT2D eigenvalue weighted by atomic mass is 10.0. The first-order chi connectivity index (χ1) is 10.9. The van der Waals surface area contributed by atoms with Crippen LogP contribution in [0.1, 0.15) is 25.0 Å². The Balaban J connectivity index is 2.07. The summed E-state index contributed by atoms with van der Waals surface area (Å²) in [6.45, 7) is 4.26. The quantitative estimate of drug-likeness (QED) is 0.716. The fourth-order valence-corrected chi connectivity index (χ4v) is 5.13. The maximum Gasteiger partial charge on any atom is 0.210 e. The van der Waals surface area contributed by atoms with Gasteiger partial charge in [-0.05, 0) is 24.0 Å². The molecule has 0 atom stereocenters. The summed E-state index contributed by atoms with van der Waals surface area (Å²) in [6, 6.07) is 6.31. The Hall–Kier alpha value is -1.12. The third-order valence-electron chi connectivity index (χ3n) is 3.32. The number of sulfone groups is 1. The number of nitrogens with one attached hydrogen (secondary N) is 1. The van der Waals surface area contributed by atoms with Crippen molar-refractivity contribution in [3.05, 3.63) is 29.3 Å². The highest BCUT2D eigenvalue weighted by molar-refractivity contribution is 8.02. The lowest BCUT2D eigenvalue weighted by molar-refractivity contribution is 0.603. The predicted octanol–water partition coefficient (Wildman–Crippen LogP) is 3.54. The van der Waals surface area contributed by atoms with E-state index in [9.17, 15) is 8.42 Å². The third kappa shape index (κ3) is 5.47. The molecule has 2 aromatic rings. The fourth-order valence-electron chi connectivity index (χ4n) is 2.11. The molecule has 1 heterocycles. The lowest BCUT2D eigenvalue weighted by Crippen LogP contribution is -2.04. The van der Waals surface area contributed by atoms with E-state index in [-0.39, 0.29) is 5.75 Å². The van der Waals surface area contributed by atoms with Crippen molar-refractivity contribution >= 4 is 43.8 Å². The van der Waals surface area contributed by atoms with Gasteiger partial charge in [-0.1, -0.05) is 55.1 Å². The van der Waals surface area contributed by atoms with Crippen LogP contribution in [0.5, 0.6) is 0 Å². The first-order valence-electron chi connectivity index (χ1n) is 7.44. The van der Waals surface area contributed by atoms with Crippen LogP contribution >= 0.6 is 23.1 Å². The van der Waals surface area contributed by atoms with Gasteiger partial charge in [-0.2, -0.15) is 0 Å². The third-order valence-corrected chi connectivity index (χ3v) is 6.49. The average Bonchev–Trinajstić information content (AvgIpc) is 2.93. The second kappa shape index (κ2) is 8.12. The van der Waals surface area contributed by atoms with Crippen LogP contribution in [0.25, 0.3) is 0 Å². The number of aryl methyl sites for hydroxylation is 2. The highest BCUT2D eigenvalue weighted by atomic mass is 32.2. The van der Waals surface area contributed by atoms with Gasteiger partial charge >= 0.3 is 0 Å². The highest BCUT2D eigenvalue weighted by Gasteiger charge is 2.11. The van der Waals surface area contributed by atoms with Gasteiger partial charge in [0.25, 0.3) is 0 Å². The molecule has 0 saturated heterocycles. The van der Waals surface area contributed by atoms with Crippen molar-refractivity contribution in [2.45, 2.75) is 31.0 Å². The molecule has 0 unspecified atom stereocenters. The standard InChI is InChI=1S/C15H21N3O2S3/c1-4-11-7-6-8-12(5-2)13(11)16-14-17-18-15(22-14)21-9-10-23(3,19)20/h6-8H,4-5,9-10H2,1-3H3,(H,16,17). The minimum Gasteiger partial charge on any atom is -0.330 e. The van der Waals surface area contributed by atoms with Crippen molar-refractivity contribution < 1.29 is 8.42 Å². The first kappa shape index (κ1) is 18.2. The van der Waals surface area contributed by atoms with Gasteiger partial charge in [0.1, 0.15) is 9.84 Å². The van der Waals surface area contributed by atoms with Crippen LogP contribution < -0.4 is 5.32 Å². The van der Waals surface area contributed by atoms with Crippen molar-refractivity contribution in [2.75, 3.05) is 23.1 Å². The molecule has 0 saturated carbocycles. The summed E-state index contributed by atoms with van der Waals surface area (Å²) in [6.07, 6.45) is 3.14. The number of anilines is 2. The monoisotopic (exact) mass is 371 g/mol. The summed E-state index contributed by atoms with van der Waals surface area (Å²) in [5, 5.41) is 12.4. The van der Waals surface area contributed by atoms with Crippen LogP contribution in [0.3, 0.4) is 0 Å². The molecule has 0 amide bonds. The smallest absolute Gasteiger partial charge is 0.210 e. The van der Waals surface area contributed by atoms with Crippen LogP contribution in [-0.2, 0) is 22.7 Å². The van der Waals surface area contributed by atoms with E-state index < -0.39 is 9.84 Å². The molecule has 8 heteroatoms. The maximum absolute atomic E-state index is 11.2. The molecular weight excluding hydrogens is 350 g/mol. The highest BCUT2D eigenvalue weighted by Crippen LogP contribution is 2.31. The minimum atomic E-state index is -2.93. The number of hydrogen-bond donors (Lipinski definition) is 1. The Kier molecular flexibility index (Phi) is 6.43. The molecule has 0 aliphatic rings. The van der Waals surface area contributed by atoms with E-state index in [1.807, 2.05) is 0 Å². The Morgan fingerprint density at radius 2 is 1.83 bits per heavy atom. The average molecular weight is 372 g/mol. The molecule has 1 aromatic heterocycles. The number of thioether (sulfide) groups is 1. The van der Waals surface area contributed by atoms with Crippen molar-refractivity contribution in [1.29, 1.82) is 0 Å². The van der Waals surface area contributed by atoms with E-state index in [0.717, 1.165) is 28.0 Å². The minimum absolute atomic E-state index is 0.151. The largest absolute Gasteiger partial charge is 0.330 e. The van der Waals surface area contributed by atoms with E-state index >= 15 is 0 Å². The lowest BCUT2D eigenvalue weighted by Gasteiger charge is -2.13.